The molecule has 0 aliphatic heterocycles. The van der Waals surface area contributed by atoms with Gasteiger partial charge in [-0.2, -0.15) is 0 Å². The number of nitrogens with zero attached hydrogens (tertiary/aromatic N) is 2. The average molecular weight is 249 g/mol. The van der Waals surface area contributed by atoms with E-state index in [4.69, 9.17) is 0 Å². The Balaban J connectivity index is 2.50. The van der Waals surface area contributed by atoms with Crippen LogP contribution in [-0.2, 0) is 11.3 Å². The van der Waals surface area contributed by atoms with E-state index in [9.17, 15) is 4.79 Å². The van der Waals surface area contributed by atoms with E-state index in [1.54, 1.807) is 0 Å². The lowest BCUT2D eigenvalue weighted by Gasteiger charge is -2.23. The normalized spacial score (nSPS) is 12.2. The van der Waals surface area contributed by atoms with Gasteiger partial charge in [-0.05, 0) is 38.8 Å². The number of amides is 1. The second kappa shape index (κ2) is 7.11. The maximum absolute atomic E-state index is 12.0. The van der Waals surface area contributed by atoms with Crippen LogP contribution in [0.1, 0.15) is 31.9 Å². The van der Waals surface area contributed by atoms with E-state index in [-0.39, 0.29) is 11.9 Å². The summed E-state index contributed by atoms with van der Waals surface area (Å²) >= 11 is 0. The second-order valence-corrected chi connectivity index (χ2v) is 4.48. The Morgan fingerprint density at radius 2 is 2.06 bits per heavy atom. The third-order valence-corrected chi connectivity index (χ3v) is 2.99. The van der Waals surface area contributed by atoms with Gasteiger partial charge in [-0.15, -0.1) is 0 Å². The number of aromatic nitrogens is 1. The molecule has 0 bridgehead atoms. The molecule has 100 valence electrons. The zero-order valence-corrected chi connectivity index (χ0v) is 11.7. The highest BCUT2D eigenvalue weighted by atomic mass is 16.2. The van der Waals surface area contributed by atoms with Crippen molar-refractivity contribution in [1.29, 1.82) is 0 Å². The van der Waals surface area contributed by atoms with Crippen molar-refractivity contribution in [2.45, 2.75) is 40.3 Å². The zero-order valence-electron chi connectivity index (χ0n) is 11.7. The topological polar surface area (TPSA) is 45.2 Å². The van der Waals surface area contributed by atoms with Gasteiger partial charge in [0.2, 0.25) is 5.91 Å². The highest BCUT2D eigenvalue weighted by Crippen LogP contribution is 2.02. The number of likely N-dealkylation sites (N-methyl/N-ethyl adjacent to an activating group) is 1. The molecule has 1 unspecified atom stereocenters. The van der Waals surface area contributed by atoms with Crippen molar-refractivity contribution >= 4 is 5.91 Å². The molecule has 0 radical (unpaired) electrons. The molecule has 0 aliphatic rings. The smallest absolute Gasteiger partial charge is 0.239 e. The number of nitrogens with one attached hydrogen (secondary N) is 1. The summed E-state index contributed by atoms with van der Waals surface area (Å²) in [6, 6.07) is 1.92. The van der Waals surface area contributed by atoms with Crippen molar-refractivity contribution in [2.75, 3.05) is 13.1 Å². The van der Waals surface area contributed by atoms with Crippen LogP contribution in [0.4, 0.5) is 0 Å². The molecule has 18 heavy (non-hydrogen) atoms. The van der Waals surface area contributed by atoms with Crippen molar-refractivity contribution in [3.8, 4) is 0 Å². The lowest BCUT2D eigenvalue weighted by molar-refractivity contribution is -0.132. The number of hydrogen-bond acceptors (Lipinski definition) is 3. The lowest BCUT2D eigenvalue weighted by Crippen LogP contribution is -2.44. The van der Waals surface area contributed by atoms with Crippen molar-refractivity contribution in [3.63, 3.8) is 0 Å². The molecule has 0 saturated carbocycles. The van der Waals surface area contributed by atoms with Crippen LogP contribution in [0.5, 0.6) is 0 Å². The van der Waals surface area contributed by atoms with Gasteiger partial charge in [0.25, 0.3) is 0 Å². The van der Waals surface area contributed by atoms with E-state index in [1.807, 2.05) is 45.0 Å². The first-order valence-corrected chi connectivity index (χ1v) is 6.51. The minimum absolute atomic E-state index is 0.153. The molecule has 1 atom stereocenters. The van der Waals surface area contributed by atoms with Crippen LogP contribution in [-0.4, -0.2) is 34.9 Å². The fourth-order valence-corrected chi connectivity index (χ4v) is 1.88. The monoisotopic (exact) mass is 249 g/mol. The summed E-state index contributed by atoms with van der Waals surface area (Å²) in [5.41, 5.74) is 2.24. The van der Waals surface area contributed by atoms with Crippen LogP contribution >= 0.6 is 0 Å². The van der Waals surface area contributed by atoms with Crippen molar-refractivity contribution < 1.29 is 4.79 Å². The molecule has 4 nitrogen and oxygen atoms in total. The summed E-state index contributed by atoms with van der Waals surface area (Å²) in [6.45, 7) is 10.1. The fourth-order valence-electron chi connectivity index (χ4n) is 1.88. The van der Waals surface area contributed by atoms with Crippen LogP contribution in [0.2, 0.25) is 0 Å². The SMILES string of the molecule is CCN(CC)C(=O)C(C)NCc1cncc(C)c1. The van der Waals surface area contributed by atoms with Gasteiger partial charge < -0.3 is 10.2 Å². The molecule has 0 spiro atoms. The van der Waals surface area contributed by atoms with Crippen molar-refractivity contribution in [1.82, 2.24) is 15.2 Å². The first-order valence-electron chi connectivity index (χ1n) is 6.51. The molecule has 0 saturated heterocycles. The molecule has 1 amide bonds. The number of carbonyl (C=O) groups is 1. The lowest BCUT2D eigenvalue weighted by atomic mass is 10.2. The van der Waals surface area contributed by atoms with Crippen molar-refractivity contribution in [2.24, 2.45) is 0 Å². The quantitative estimate of drug-likeness (QED) is 0.835. The van der Waals surface area contributed by atoms with Gasteiger partial charge in [0.15, 0.2) is 0 Å². The molecule has 1 aromatic rings. The van der Waals surface area contributed by atoms with Crippen LogP contribution in [0.3, 0.4) is 0 Å². The van der Waals surface area contributed by atoms with E-state index in [0.717, 1.165) is 24.2 Å². The van der Waals surface area contributed by atoms with Gasteiger partial charge in [-0.3, -0.25) is 9.78 Å². The Morgan fingerprint density at radius 1 is 1.39 bits per heavy atom. The molecule has 1 aromatic heterocycles. The molecule has 1 heterocycles. The first kappa shape index (κ1) is 14.6. The predicted octanol–water partition coefficient (Wildman–Crippen LogP) is 1.74. The van der Waals surface area contributed by atoms with E-state index in [0.29, 0.717) is 6.54 Å². The number of carbonyl (C=O) groups excluding carboxylic acids is 1. The Hall–Kier alpha value is -1.42. The summed E-state index contributed by atoms with van der Waals surface area (Å²) in [4.78, 5) is 18.0. The standard InChI is InChI=1S/C14H23N3O/c1-5-17(6-2)14(18)12(4)16-10-13-7-11(3)8-15-9-13/h7-9,12,16H,5-6,10H2,1-4H3. The molecule has 0 aliphatic carbocycles. The maximum atomic E-state index is 12.0. The van der Waals surface area contributed by atoms with Gasteiger partial charge in [0.05, 0.1) is 6.04 Å². The number of aryl methyl sites for hydroxylation is 1. The number of rotatable bonds is 6. The van der Waals surface area contributed by atoms with E-state index < -0.39 is 0 Å². The molecule has 1 rings (SSSR count). The minimum Gasteiger partial charge on any atom is -0.342 e. The molecular formula is C14H23N3O. The molecular weight excluding hydrogens is 226 g/mol. The van der Waals surface area contributed by atoms with Crippen LogP contribution in [0.15, 0.2) is 18.5 Å². The Kier molecular flexibility index (Phi) is 5.78. The largest absolute Gasteiger partial charge is 0.342 e. The molecule has 0 fully saturated rings. The van der Waals surface area contributed by atoms with Crippen LogP contribution < -0.4 is 5.32 Å². The third kappa shape index (κ3) is 4.11. The van der Waals surface area contributed by atoms with Crippen molar-refractivity contribution in [3.05, 3.63) is 29.6 Å². The van der Waals surface area contributed by atoms with E-state index in [1.165, 1.54) is 0 Å². The van der Waals surface area contributed by atoms with Gasteiger partial charge in [-0.25, -0.2) is 0 Å². The summed E-state index contributed by atoms with van der Waals surface area (Å²) in [7, 11) is 0. The zero-order chi connectivity index (χ0) is 13.5. The molecule has 1 N–H and O–H groups in total. The molecule has 4 heteroatoms. The highest BCUT2D eigenvalue weighted by Gasteiger charge is 2.17. The Bertz CT molecular complexity index is 388. The number of pyridine rings is 1. The third-order valence-electron chi connectivity index (χ3n) is 2.99. The maximum Gasteiger partial charge on any atom is 0.239 e. The average Bonchev–Trinajstić information content (AvgIpc) is 2.37. The Labute approximate surface area is 109 Å². The van der Waals surface area contributed by atoms with Crippen LogP contribution in [0, 0.1) is 6.92 Å². The van der Waals surface area contributed by atoms with Gasteiger partial charge in [0.1, 0.15) is 0 Å². The van der Waals surface area contributed by atoms with E-state index in [2.05, 4.69) is 16.4 Å². The fraction of sp³-hybridized carbons (Fsp3) is 0.571. The number of hydrogen-bond donors (Lipinski definition) is 1. The summed E-state index contributed by atoms with van der Waals surface area (Å²) in [5, 5.41) is 3.24. The Morgan fingerprint density at radius 3 is 2.61 bits per heavy atom. The first-order chi connectivity index (χ1) is 8.58. The minimum atomic E-state index is -0.162. The van der Waals surface area contributed by atoms with Gasteiger partial charge >= 0.3 is 0 Å². The summed E-state index contributed by atoms with van der Waals surface area (Å²) in [6.07, 6.45) is 3.66. The summed E-state index contributed by atoms with van der Waals surface area (Å²) < 4.78 is 0. The summed E-state index contributed by atoms with van der Waals surface area (Å²) in [5.74, 6) is 0.153. The predicted molar refractivity (Wildman–Crippen MR) is 73.2 cm³/mol. The van der Waals surface area contributed by atoms with E-state index >= 15 is 0 Å². The van der Waals surface area contributed by atoms with Crippen LogP contribution in [0.25, 0.3) is 0 Å². The highest BCUT2D eigenvalue weighted by molar-refractivity contribution is 5.81. The molecule has 0 aromatic carbocycles. The van der Waals surface area contributed by atoms with Gasteiger partial charge in [-0.1, -0.05) is 6.07 Å². The van der Waals surface area contributed by atoms with Gasteiger partial charge in [0, 0.05) is 32.0 Å². The second-order valence-electron chi connectivity index (χ2n) is 4.48.